The van der Waals surface area contributed by atoms with Crippen LogP contribution < -0.4 is 5.73 Å². The Labute approximate surface area is 118 Å². The summed E-state index contributed by atoms with van der Waals surface area (Å²) >= 11 is 12.1. The third-order valence-corrected chi connectivity index (χ3v) is 3.82. The van der Waals surface area contributed by atoms with E-state index < -0.39 is 0 Å². The summed E-state index contributed by atoms with van der Waals surface area (Å²) in [6.07, 6.45) is 0. The molecule has 0 aliphatic carbocycles. The monoisotopic (exact) mass is 287 g/mol. The summed E-state index contributed by atoms with van der Waals surface area (Å²) in [5.74, 6) is 0. The average molecular weight is 288 g/mol. The Morgan fingerprint density at radius 1 is 1.22 bits per heavy atom. The largest absolute Gasteiger partial charge is 0.329 e. The van der Waals surface area contributed by atoms with E-state index in [-0.39, 0.29) is 0 Å². The molecule has 2 N–H and O–H groups in total. The first-order valence-electron chi connectivity index (χ1n) is 6.16. The van der Waals surface area contributed by atoms with Crippen molar-refractivity contribution >= 4 is 23.2 Å². The van der Waals surface area contributed by atoms with Gasteiger partial charge in [-0.3, -0.25) is 4.90 Å². The Morgan fingerprint density at radius 2 is 1.89 bits per heavy atom. The maximum atomic E-state index is 6.03. The van der Waals surface area contributed by atoms with Gasteiger partial charge in [-0.25, -0.2) is 0 Å². The van der Waals surface area contributed by atoms with Crippen LogP contribution in [-0.4, -0.2) is 49.1 Å². The van der Waals surface area contributed by atoms with Crippen molar-refractivity contribution in [3.63, 3.8) is 0 Å². The van der Waals surface area contributed by atoms with Crippen LogP contribution >= 0.6 is 23.2 Å². The third kappa shape index (κ3) is 3.59. The molecule has 0 saturated carbocycles. The first-order chi connectivity index (χ1) is 8.58. The number of likely N-dealkylation sites (N-methyl/N-ethyl adjacent to an activating group) is 1. The van der Waals surface area contributed by atoms with E-state index in [1.807, 2.05) is 12.1 Å². The molecule has 0 radical (unpaired) electrons. The second-order valence-corrected chi connectivity index (χ2v) is 5.77. The van der Waals surface area contributed by atoms with Gasteiger partial charge in [0.15, 0.2) is 0 Å². The highest BCUT2D eigenvalue weighted by atomic mass is 35.5. The van der Waals surface area contributed by atoms with Crippen molar-refractivity contribution in [2.75, 3.05) is 33.2 Å². The van der Waals surface area contributed by atoms with Crippen molar-refractivity contribution in [2.24, 2.45) is 5.73 Å². The standard InChI is InChI=1S/C13H19Cl2N3/c1-17-2-3-18(13(7-16)9-17)8-10-4-11(14)6-12(15)5-10/h4-6,13H,2-3,7-9,16H2,1H3. The van der Waals surface area contributed by atoms with Gasteiger partial charge >= 0.3 is 0 Å². The van der Waals surface area contributed by atoms with Crippen LogP contribution in [0.2, 0.25) is 10.0 Å². The Balaban J connectivity index is 2.07. The van der Waals surface area contributed by atoms with Gasteiger partial charge in [0.05, 0.1) is 0 Å². The molecule has 1 aromatic rings. The van der Waals surface area contributed by atoms with E-state index in [1.165, 1.54) is 0 Å². The maximum absolute atomic E-state index is 6.03. The lowest BCUT2D eigenvalue weighted by Crippen LogP contribution is -2.54. The highest BCUT2D eigenvalue weighted by Crippen LogP contribution is 2.21. The number of nitrogens with two attached hydrogens (primary N) is 1. The van der Waals surface area contributed by atoms with Gasteiger partial charge in [-0.05, 0) is 30.8 Å². The third-order valence-electron chi connectivity index (χ3n) is 3.39. The Bertz CT molecular complexity index is 391. The molecule has 2 rings (SSSR count). The number of benzene rings is 1. The molecule has 1 saturated heterocycles. The number of piperazine rings is 1. The first kappa shape index (κ1) is 14.1. The molecule has 1 aliphatic heterocycles. The van der Waals surface area contributed by atoms with Gasteiger partial charge in [0.25, 0.3) is 0 Å². The topological polar surface area (TPSA) is 32.5 Å². The molecule has 1 aliphatic rings. The summed E-state index contributed by atoms with van der Waals surface area (Å²) < 4.78 is 0. The lowest BCUT2D eigenvalue weighted by Gasteiger charge is -2.39. The molecule has 1 fully saturated rings. The van der Waals surface area contributed by atoms with E-state index in [2.05, 4.69) is 16.8 Å². The van der Waals surface area contributed by atoms with Crippen LogP contribution in [0, 0.1) is 0 Å². The zero-order chi connectivity index (χ0) is 13.1. The molecule has 1 heterocycles. The van der Waals surface area contributed by atoms with Gasteiger partial charge in [0, 0.05) is 48.8 Å². The number of hydrogen-bond donors (Lipinski definition) is 1. The molecule has 1 aromatic carbocycles. The van der Waals surface area contributed by atoms with Crippen LogP contribution in [0.15, 0.2) is 18.2 Å². The number of hydrogen-bond acceptors (Lipinski definition) is 3. The summed E-state index contributed by atoms with van der Waals surface area (Å²) in [5.41, 5.74) is 7.00. The Hall–Kier alpha value is -0.320. The van der Waals surface area contributed by atoms with Gasteiger partial charge in [-0.2, -0.15) is 0 Å². The normalized spacial score (nSPS) is 22.3. The van der Waals surface area contributed by atoms with Crippen molar-refractivity contribution in [1.82, 2.24) is 9.80 Å². The Kier molecular flexibility index (Phi) is 4.87. The van der Waals surface area contributed by atoms with Crippen LogP contribution in [0.1, 0.15) is 5.56 Å². The predicted octanol–water partition coefficient (Wildman–Crippen LogP) is 2.07. The summed E-state index contributed by atoms with van der Waals surface area (Å²) in [5, 5.41) is 1.38. The summed E-state index contributed by atoms with van der Waals surface area (Å²) in [4.78, 5) is 4.72. The van der Waals surface area contributed by atoms with E-state index in [0.717, 1.165) is 31.7 Å². The second kappa shape index (κ2) is 6.22. The van der Waals surface area contributed by atoms with E-state index >= 15 is 0 Å². The number of rotatable bonds is 3. The van der Waals surface area contributed by atoms with E-state index in [9.17, 15) is 0 Å². The number of nitrogens with zero attached hydrogens (tertiary/aromatic N) is 2. The van der Waals surface area contributed by atoms with Gasteiger partial charge in [0.2, 0.25) is 0 Å². The van der Waals surface area contributed by atoms with Crippen LogP contribution in [-0.2, 0) is 6.54 Å². The van der Waals surface area contributed by atoms with Crippen molar-refractivity contribution in [2.45, 2.75) is 12.6 Å². The smallest absolute Gasteiger partial charge is 0.0424 e. The van der Waals surface area contributed by atoms with E-state index in [1.54, 1.807) is 6.07 Å². The van der Waals surface area contributed by atoms with Crippen LogP contribution in [0.5, 0.6) is 0 Å². The fourth-order valence-corrected chi connectivity index (χ4v) is 2.99. The van der Waals surface area contributed by atoms with Crippen LogP contribution in [0.25, 0.3) is 0 Å². The minimum Gasteiger partial charge on any atom is -0.329 e. The molecule has 18 heavy (non-hydrogen) atoms. The molecule has 1 unspecified atom stereocenters. The maximum Gasteiger partial charge on any atom is 0.0424 e. The van der Waals surface area contributed by atoms with Gasteiger partial charge in [-0.15, -0.1) is 0 Å². The fourth-order valence-electron chi connectivity index (χ4n) is 2.42. The minimum atomic E-state index is 0.404. The molecule has 3 nitrogen and oxygen atoms in total. The lowest BCUT2D eigenvalue weighted by atomic mass is 10.1. The van der Waals surface area contributed by atoms with Crippen molar-refractivity contribution in [3.05, 3.63) is 33.8 Å². The molecule has 1 atom stereocenters. The highest BCUT2D eigenvalue weighted by molar-refractivity contribution is 6.34. The molecule has 100 valence electrons. The molecule has 5 heteroatoms. The zero-order valence-corrected chi connectivity index (χ0v) is 12.1. The molecule has 0 amide bonds. The number of halogens is 2. The lowest BCUT2D eigenvalue weighted by molar-refractivity contribution is 0.0881. The average Bonchev–Trinajstić information content (AvgIpc) is 2.30. The zero-order valence-electron chi connectivity index (χ0n) is 10.6. The van der Waals surface area contributed by atoms with Gasteiger partial charge in [-0.1, -0.05) is 23.2 Å². The molecule has 0 bridgehead atoms. The Morgan fingerprint density at radius 3 is 2.50 bits per heavy atom. The minimum absolute atomic E-state index is 0.404. The SMILES string of the molecule is CN1CCN(Cc2cc(Cl)cc(Cl)c2)C(CN)C1. The van der Waals surface area contributed by atoms with E-state index in [0.29, 0.717) is 22.6 Å². The van der Waals surface area contributed by atoms with Crippen LogP contribution in [0.4, 0.5) is 0 Å². The molecular weight excluding hydrogens is 269 g/mol. The highest BCUT2D eigenvalue weighted by Gasteiger charge is 2.23. The summed E-state index contributed by atoms with van der Waals surface area (Å²) in [6, 6.07) is 6.11. The van der Waals surface area contributed by atoms with Crippen LogP contribution in [0.3, 0.4) is 0 Å². The molecular formula is C13H19Cl2N3. The molecule has 0 spiro atoms. The first-order valence-corrected chi connectivity index (χ1v) is 6.91. The van der Waals surface area contributed by atoms with Gasteiger partial charge < -0.3 is 10.6 Å². The fraction of sp³-hybridized carbons (Fsp3) is 0.538. The van der Waals surface area contributed by atoms with Crippen molar-refractivity contribution in [3.8, 4) is 0 Å². The quantitative estimate of drug-likeness (QED) is 0.924. The molecule has 0 aromatic heterocycles. The van der Waals surface area contributed by atoms with E-state index in [4.69, 9.17) is 28.9 Å². The predicted molar refractivity (Wildman–Crippen MR) is 77.2 cm³/mol. The summed E-state index contributed by atoms with van der Waals surface area (Å²) in [7, 11) is 2.14. The van der Waals surface area contributed by atoms with Crippen molar-refractivity contribution in [1.29, 1.82) is 0 Å². The van der Waals surface area contributed by atoms with Crippen molar-refractivity contribution < 1.29 is 0 Å². The summed E-state index contributed by atoms with van der Waals surface area (Å²) in [6.45, 7) is 4.66. The second-order valence-electron chi connectivity index (χ2n) is 4.90. The van der Waals surface area contributed by atoms with Gasteiger partial charge in [0.1, 0.15) is 0 Å².